The zero-order valence-corrected chi connectivity index (χ0v) is 13.5. The van der Waals surface area contributed by atoms with Crippen molar-refractivity contribution in [2.24, 2.45) is 0 Å². The number of carbonyl (C=O) groups is 1. The normalized spacial score (nSPS) is 12.2. The number of nitrogens with one attached hydrogen (secondary N) is 2. The number of aromatic nitrogens is 1. The third-order valence-electron chi connectivity index (χ3n) is 3.96. The van der Waals surface area contributed by atoms with Crippen molar-refractivity contribution in [2.75, 3.05) is 24.0 Å². The third-order valence-corrected chi connectivity index (χ3v) is 3.96. The number of pyridine rings is 1. The number of hydrogen-bond acceptors (Lipinski definition) is 5. The van der Waals surface area contributed by atoms with E-state index in [-0.39, 0.29) is 12.7 Å². The fourth-order valence-corrected chi connectivity index (χ4v) is 2.74. The van der Waals surface area contributed by atoms with Gasteiger partial charge in [0.15, 0.2) is 11.5 Å². The van der Waals surface area contributed by atoms with Crippen LogP contribution in [-0.2, 0) is 4.79 Å². The highest BCUT2D eigenvalue weighted by molar-refractivity contribution is 6.00. The second-order valence-corrected chi connectivity index (χ2v) is 5.67. The Morgan fingerprint density at radius 2 is 1.96 bits per heavy atom. The molecule has 0 atom stereocenters. The van der Waals surface area contributed by atoms with Crippen molar-refractivity contribution < 1.29 is 14.3 Å². The molecule has 0 spiro atoms. The minimum atomic E-state index is -0.0635. The van der Waals surface area contributed by atoms with E-state index in [9.17, 15) is 4.79 Å². The molecule has 0 aliphatic carbocycles. The molecule has 126 valence electrons. The summed E-state index contributed by atoms with van der Waals surface area (Å²) in [7, 11) is 0. The molecule has 1 aliphatic heterocycles. The molecule has 6 nitrogen and oxygen atoms in total. The standard InChI is InChI=1S/C19H17N3O3/c23-18(22-15-5-1-3-13-4-2-9-21-19(13)15)8-10-20-14-6-7-16-17(11-14)25-12-24-16/h1-7,9,11,20H,8,10,12H2,(H,22,23). The Balaban J connectivity index is 1.35. The smallest absolute Gasteiger partial charge is 0.231 e. The van der Waals surface area contributed by atoms with Crippen molar-refractivity contribution in [3.63, 3.8) is 0 Å². The quantitative estimate of drug-likeness (QED) is 0.747. The van der Waals surface area contributed by atoms with Gasteiger partial charge in [0.2, 0.25) is 12.7 Å². The van der Waals surface area contributed by atoms with Crippen molar-refractivity contribution in [3.8, 4) is 11.5 Å². The Hall–Kier alpha value is -3.28. The molecule has 0 fully saturated rings. The van der Waals surface area contributed by atoms with E-state index < -0.39 is 0 Å². The number of rotatable bonds is 5. The lowest BCUT2D eigenvalue weighted by atomic mass is 10.2. The van der Waals surface area contributed by atoms with Gasteiger partial charge in [-0.1, -0.05) is 18.2 Å². The molecule has 1 aromatic heterocycles. The van der Waals surface area contributed by atoms with Crippen LogP contribution in [0.25, 0.3) is 10.9 Å². The van der Waals surface area contributed by atoms with Crippen LogP contribution in [0.1, 0.15) is 6.42 Å². The predicted octanol–water partition coefficient (Wildman–Crippen LogP) is 3.40. The Bertz CT molecular complexity index is 921. The summed E-state index contributed by atoms with van der Waals surface area (Å²) < 4.78 is 10.6. The summed E-state index contributed by atoms with van der Waals surface area (Å²) in [5, 5.41) is 7.14. The minimum absolute atomic E-state index is 0.0635. The Morgan fingerprint density at radius 1 is 1.08 bits per heavy atom. The largest absolute Gasteiger partial charge is 0.454 e. The molecule has 3 aromatic rings. The Morgan fingerprint density at radius 3 is 2.92 bits per heavy atom. The molecule has 2 aromatic carbocycles. The van der Waals surface area contributed by atoms with Gasteiger partial charge in [0.05, 0.1) is 11.2 Å². The van der Waals surface area contributed by atoms with E-state index >= 15 is 0 Å². The lowest BCUT2D eigenvalue weighted by molar-refractivity contribution is -0.115. The van der Waals surface area contributed by atoms with E-state index in [0.717, 1.165) is 33.8 Å². The topological polar surface area (TPSA) is 72.5 Å². The summed E-state index contributed by atoms with van der Waals surface area (Å²) in [5.74, 6) is 1.40. The average Bonchev–Trinajstić information content (AvgIpc) is 3.10. The zero-order valence-electron chi connectivity index (χ0n) is 13.5. The Kier molecular flexibility index (Phi) is 4.08. The van der Waals surface area contributed by atoms with Crippen LogP contribution in [0.2, 0.25) is 0 Å². The van der Waals surface area contributed by atoms with E-state index in [4.69, 9.17) is 9.47 Å². The molecule has 0 saturated carbocycles. The highest BCUT2D eigenvalue weighted by Gasteiger charge is 2.13. The van der Waals surface area contributed by atoms with Gasteiger partial charge in [0.1, 0.15) is 0 Å². The van der Waals surface area contributed by atoms with Crippen LogP contribution in [0.4, 0.5) is 11.4 Å². The number of hydrogen-bond donors (Lipinski definition) is 2. The van der Waals surface area contributed by atoms with Crippen LogP contribution in [0.3, 0.4) is 0 Å². The van der Waals surface area contributed by atoms with Crippen molar-refractivity contribution in [1.29, 1.82) is 0 Å². The van der Waals surface area contributed by atoms with E-state index in [1.54, 1.807) is 6.20 Å². The van der Waals surface area contributed by atoms with Crippen LogP contribution in [0.5, 0.6) is 11.5 Å². The number of anilines is 2. The van der Waals surface area contributed by atoms with Gasteiger partial charge in [-0.3, -0.25) is 9.78 Å². The molecule has 2 N–H and O–H groups in total. The third kappa shape index (κ3) is 3.33. The summed E-state index contributed by atoms with van der Waals surface area (Å²) in [6.07, 6.45) is 2.07. The van der Waals surface area contributed by atoms with E-state index in [0.29, 0.717) is 13.0 Å². The van der Waals surface area contributed by atoms with Crippen molar-refractivity contribution in [1.82, 2.24) is 4.98 Å². The second kappa shape index (κ2) is 6.68. The van der Waals surface area contributed by atoms with E-state index in [1.807, 2.05) is 48.5 Å². The summed E-state index contributed by atoms with van der Waals surface area (Å²) in [5.41, 5.74) is 2.41. The highest BCUT2D eigenvalue weighted by Crippen LogP contribution is 2.34. The number of para-hydroxylation sites is 1. The average molecular weight is 335 g/mol. The van der Waals surface area contributed by atoms with Gasteiger partial charge in [0.25, 0.3) is 0 Å². The fourth-order valence-electron chi connectivity index (χ4n) is 2.74. The summed E-state index contributed by atoms with van der Waals surface area (Å²) in [4.78, 5) is 16.5. The zero-order chi connectivity index (χ0) is 17.1. The maximum atomic E-state index is 12.2. The first kappa shape index (κ1) is 15.3. The predicted molar refractivity (Wildman–Crippen MR) is 96.0 cm³/mol. The molecule has 1 amide bonds. The molecule has 6 heteroatoms. The molecule has 1 aliphatic rings. The maximum Gasteiger partial charge on any atom is 0.231 e. The lowest BCUT2D eigenvalue weighted by Gasteiger charge is -2.09. The minimum Gasteiger partial charge on any atom is -0.454 e. The molecule has 2 heterocycles. The number of fused-ring (bicyclic) bond motifs is 2. The molecule has 25 heavy (non-hydrogen) atoms. The first-order chi connectivity index (χ1) is 12.3. The molecular formula is C19H17N3O3. The molecule has 0 unspecified atom stereocenters. The van der Waals surface area contributed by atoms with Crippen LogP contribution in [0, 0.1) is 0 Å². The number of ether oxygens (including phenoxy) is 2. The molecule has 4 rings (SSSR count). The SMILES string of the molecule is O=C(CCNc1ccc2c(c1)OCO2)Nc1cccc2cccnc12. The van der Waals surface area contributed by atoms with Crippen LogP contribution >= 0.6 is 0 Å². The number of amides is 1. The Labute approximate surface area is 144 Å². The van der Waals surface area contributed by atoms with Gasteiger partial charge in [-0.05, 0) is 24.3 Å². The van der Waals surface area contributed by atoms with Crippen LogP contribution in [0.15, 0.2) is 54.7 Å². The summed E-state index contributed by atoms with van der Waals surface area (Å²) in [6, 6.07) is 15.2. The summed E-state index contributed by atoms with van der Waals surface area (Å²) >= 11 is 0. The van der Waals surface area contributed by atoms with E-state index in [2.05, 4.69) is 15.6 Å². The highest BCUT2D eigenvalue weighted by atomic mass is 16.7. The van der Waals surface area contributed by atoms with Crippen molar-refractivity contribution in [3.05, 3.63) is 54.7 Å². The molecule has 0 saturated heterocycles. The van der Waals surface area contributed by atoms with Crippen molar-refractivity contribution >= 4 is 28.2 Å². The van der Waals surface area contributed by atoms with Crippen LogP contribution in [-0.4, -0.2) is 24.2 Å². The second-order valence-electron chi connectivity index (χ2n) is 5.67. The lowest BCUT2D eigenvalue weighted by Crippen LogP contribution is -2.16. The van der Waals surface area contributed by atoms with E-state index in [1.165, 1.54) is 0 Å². The molecular weight excluding hydrogens is 318 g/mol. The van der Waals surface area contributed by atoms with Gasteiger partial charge >= 0.3 is 0 Å². The van der Waals surface area contributed by atoms with Gasteiger partial charge in [-0.15, -0.1) is 0 Å². The molecule has 0 bridgehead atoms. The van der Waals surface area contributed by atoms with Gasteiger partial charge in [-0.2, -0.15) is 0 Å². The summed E-state index contributed by atoms with van der Waals surface area (Å²) in [6.45, 7) is 0.768. The first-order valence-electron chi connectivity index (χ1n) is 8.07. The number of carbonyl (C=O) groups excluding carboxylic acids is 1. The van der Waals surface area contributed by atoms with Gasteiger partial charge in [0, 0.05) is 36.3 Å². The van der Waals surface area contributed by atoms with Gasteiger partial charge in [-0.25, -0.2) is 0 Å². The maximum absolute atomic E-state index is 12.2. The number of benzene rings is 2. The first-order valence-corrected chi connectivity index (χ1v) is 8.07. The fraction of sp³-hybridized carbons (Fsp3) is 0.158. The van der Waals surface area contributed by atoms with Gasteiger partial charge < -0.3 is 20.1 Å². The monoisotopic (exact) mass is 335 g/mol. The van der Waals surface area contributed by atoms with Crippen LogP contribution < -0.4 is 20.1 Å². The van der Waals surface area contributed by atoms with Crippen molar-refractivity contribution in [2.45, 2.75) is 6.42 Å². The molecule has 0 radical (unpaired) electrons. The number of nitrogens with zero attached hydrogens (tertiary/aromatic N) is 1.